The third kappa shape index (κ3) is 4.89. The molecule has 0 saturated carbocycles. The minimum atomic E-state index is -0.0635. The van der Waals surface area contributed by atoms with Gasteiger partial charge in [0.25, 0.3) is 5.91 Å². The molecule has 0 radical (unpaired) electrons. The maximum atomic E-state index is 12.9. The number of rotatable bonds is 8. The van der Waals surface area contributed by atoms with Crippen LogP contribution < -0.4 is 9.47 Å². The first-order valence-corrected chi connectivity index (χ1v) is 8.90. The van der Waals surface area contributed by atoms with Crippen molar-refractivity contribution in [3.63, 3.8) is 0 Å². The van der Waals surface area contributed by atoms with Gasteiger partial charge in [-0.05, 0) is 50.6 Å². The zero-order valence-electron chi connectivity index (χ0n) is 14.9. The number of hydrogen-bond acceptors (Lipinski definition) is 3. The second-order valence-corrected chi connectivity index (χ2v) is 5.85. The zero-order chi connectivity index (χ0) is 18.2. The largest absolute Gasteiger partial charge is 0.490 e. The zero-order valence-corrected chi connectivity index (χ0v) is 15.7. The summed E-state index contributed by atoms with van der Waals surface area (Å²) in [4.78, 5) is 14.7. The van der Waals surface area contributed by atoms with E-state index in [0.717, 1.165) is 5.56 Å². The lowest BCUT2D eigenvalue weighted by Gasteiger charge is -2.22. The molecule has 4 nitrogen and oxygen atoms in total. The summed E-state index contributed by atoms with van der Waals surface area (Å²) in [5, 5.41) is 0.662. The Kier molecular flexibility index (Phi) is 7.14. The number of ether oxygens (including phenoxy) is 2. The van der Waals surface area contributed by atoms with Crippen molar-refractivity contribution in [2.75, 3.05) is 19.8 Å². The number of amides is 1. The number of hydrogen-bond donors (Lipinski definition) is 0. The molecule has 2 rings (SSSR count). The fraction of sp³-hybridized carbons (Fsp3) is 0.350. The van der Waals surface area contributed by atoms with E-state index in [0.29, 0.717) is 48.4 Å². The summed E-state index contributed by atoms with van der Waals surface area (Å²) >= 11 is 6.22. The van der Waals surface area contributed by atoms with Crippen molar-refractivity contribution in [2.45, 2.75) is 27.3 Å². The summed E-state index contributed by atoms with van der Waals surface area (Å²) in [6.07, 6.45) is 0. The SMILES string of the molecule is CCOc1ccc(C(=O)N(CC)Cc2ccccc2Cl)cc1OCC. The Bertz CT molecular complexity index is 718. The quantitative estimate of drug-likeness (QED) is 0.678. The summed E-state index contributed by atoms with van der Waals surface area (Å²) in [5.41, 5.74) is 1.50. The van der Waals surface area contributed by atoms with Crippen LogP contribution in [-0.4, -0.2) is 30.6 Å². The second kappa shape index (κ2) is 9.33. The van der Waals surface area contributed by atoms with Gasteiger partial charge in [-0.1, -0.05) is 29.8 Å². The molecular weight excluding hydrogens is 338 g/mol. The van der Waals surface area contributed by atoms with Crippen molar-refractivity contribution < 1.29 is 14.3 Å². The molecule has 0 bridgehead atoms. The van der Waals surface area contributed by atoms with E-state index in [1.807, 2.05) is 45.0 Å². The van der Waals surface area contributed by atoms with Gasteiger partial charge in [0.05, 0.1) is 13.2 Å². The Morgan fingerprint density at radius 1 is 1.00 bits per heavy atom. The first-order valence-electron chi connectivity index (χ1n) is 8.53. The van der Waals surface area contributed by atoms with E-state index >= 15 is 0 Å². The predicted octanol–water partition coefficient (Wildman–Crippen LogP) is 4.80. The monoisotopic (exact) mass is 361 g/mol. The third-order valence-corrected chi connectivity index (χ3v) is 4.15. The van der Waals surface area contributed by atoms with Crippen LogP contribution in [0.3, 0.4) is 0 Å². The van der Waals surface area contributed by atoms with Crippen LogP contribution in [0.2, 0.25) is 5.02 Å². The Morgan fingerprint density at radius 2 is 1.68 bits per heavy atom. The van der Waals surface area contributed by atoms with Gasteiger partial charge in [0.2, 0.25) is 0 Å². The fourth-order valence-corrected chi connectivity index (χ4v) is 2.72. The number of carbonyl (C=O) groups is 1. The number of benzene rings is 2. The maximum absolute atomic E-state index is 12.9. The van der Waals surface area contributed by atoms with Gasteiger partial charge in [0, 0.05) is 23.7 Å². The highest BCUT2D eigenvalue weighted by Gasteiger charge is 2.18. The number of carbonyl (C=O) groups excluding carboxylic acids is 1. The van der Waals surface area contributed by atoms with Gasteiger partial charge < -0.3 is 14.4 Å². The molecule has 2 aromatic carbocycles. The van der Waals surface area contributed by atoms with Crippen molar-refractivity contribution in [3.8, 4) is 11.5 Å². The molecule has 0 aromatic heterocycles. The van der Waals surface area contributed by atoms with Gasteiger partial charge in [-0.25, -0.2) is 0 Å². The molecule has 0 aliphatic rings. The van der Waals surface area contributed by atoms with Crippen LogP contribution in [-0.2, 0) is 6.54 Å². The molecule has 0 aliphatic heterocycles. The summed E-state index contributed by atoms with van der Waals surface area (Å²) in [7, 11) is 0. The first kappa shape index (κ1) is 19.1. The summed E-state index contributed by atoms with van der Waals surface area (Å²) in [6, 6.07) is 12.9. The summed E-state index contributed by atoms with van der Waals surface area (Å²) < 4.78 is 11.2. The van der Waals surface area contributed by atoms with E-state index in [2.05, 4.69) is 0 Å². The molecular formula is C20H24ClNO3. The number of halogens is 1. The average Bonchev–Trinajstić information content (AvgIpc) is 2.62. The van der Waals surface area contributed by atoms with Crippen molar-refractivity contribution in [1.82, 2.24) is 4.90 Å². The van der Waals surface area contributed by atoms with Crippen LogP contribution in [0.25, 0.3) is 0 Å². The van der Waals surface area contributed by atoms with Crippen molar-refractivity contribution in [3.05, 3.63) is 58.6 Å². The Hall–Kier alpha value is -2.20. The van der Waals surface area contributed by atoms with Crippen molar-refractivity contribution in [1.29, 1.82) is 0 Å². The van der Waals surface area contributed by atoms with Crippen molar-refractivity contribution in [2.24, 2.45) is 0 Å². The van der Waals surface area contributed by atoms with Gasteiger partial charge >= 0.3 is 0 Å². The highest BCUT2D eigenvalue weighted by atomic mass is 35.5. The minimum Gasteiger partial charge on any atom is -0.490 e. The van der Waals surface area contributed by atoms with E-state index in [1.165, 1.54) is 0 Å². The fourth-order valence-electron chi connectivity index (χ4n) is 2.53. The standard InChI is InChI=1S/C20H24ClNO3/c1-4-22(14-16-9-7-8-10-17(16)21)20(23)15-11-12-18(24-5-2)19(13-15)25-6-3/h7-13H,4-6,14H2,1-3H3. The Labute approximate surface area is 154 Å². The van der Waals surface area contributed by atoms with Gasteiger partial charge in [0.15, 0.2) is 11.5 Å². The Balaban J connectivity index is 2.24. The molecule has 0 saturated heterocycles. The van der Waals surface area contributed by atoms with Crippen LogP contribution >= 0.6 is 11.6 Å². The van der Waals surface area contributed by atoms with Crippen LogP contribution in [0.1, 0.15) is 36.7 Å². The van der Waals surface area contributed by atoms with Crippen LogP contribution in [0, 0.1) is 0 Å². The molecule has 0 spiro atoms. The van der Waals surface area contributed by atoms with Crippen LogP contribution in [0.15, 0.2) is 42.5 Å². The molecule has 0 unspecified atom stereocenters. The van der Waals surface area contributed by atoms with E-state index in [1.54, 1.807) is 23.1 Å². The molecule has 25 heavy (non-hydrogen) atoms. The average molecular weight is 362 g/mol. The summed E-state index contributed by atoms with van der Waals surface area (Å²) in [6.45, 7) is 7.87. The van der Waals surface area contributed by atoms with Crippen LogP contribution in [0.4, 0.5) is 0 Å². The highest BCUT2D eigenvalue weighted by molar-refractivity contribution is 6.31. The highest BCUT2D eigenvalue weighted by Crippen LogP contribution is 2.29. The summed E-state index contributed by atoms with van der Waals surface area (Å²) in [5.74, 6) is 1.17. The third-order valence-electron chi connectivity index (χ3n) is 3.78. The topological polar surface area (TPSA) is 38.8 Å². The molecule has 134 valence electrons. The molecule has 2 aromatic rings. The molecule has 0 fully saturated rings. The van der Waals surface area contributed by atoms with Crippen LogP contribution in [0.5, 0.6) is 11.5 Å². The lowest BCUT2D eigenvalue weighted by atomic mass is 10.1. The lowest BCUT2D eigenvalue weighted by molar-refractivity contribution is 0.0752. The maximum Gasteiger partial charge on any atom is 0.254 e. The predicted molar refractivity (Wildman–Crippen MR) is 101 cm³/mol. The Morgan fingerprint density at radius 3 is 2.32 bits per heavy atom. The first-order chi connectivity index (χ1) is 12.1. The number of nitrogens with zero attached hydrogens (tertiary/aromatic N) is 1. The van der Waals surface area contributed by atoms with E-state index in [-0.39, 0.29) is 5.91 Å². The molecule has 5 heteroatoms. The van der Waals surface area contributed by atoms with Gasteiger partial charge in [-0.15, -0.1) is 0 Å². The minimum absolute atomic E-state index is 0.0635. The molecule has 0 N–H and O–H groups in total. The van der Waals surface area contributed by atoms with Gasteiger partial charge in [-0.3, -0.25) is 4.79 Å². The van der Waals surface area contributed by atoms with Gasteiger partial charge in [0.1, 0.15) is 0 Å². The van der Waals surface area contributed by atoms with E-state index < -0.39 is 0 Å². The normalized spacial score (nSPS) is 10.4. The van der Waals surface area contributed by atoms with E-state index in [4.69, 9.17) is 21.1 Å². The molecule has 1 amide bonds. The molecule has 0 aliphatic carbocycles. The molecule has 0 atom stereocenters. The molecule has 0 heterocycles. The smallest absolute Gasteiger partial charge is 0.254 e. The van der Waals surface area contributed by atoms with E-state index in [9.17, 15) is 4.79 Å². The second-order valence-electron chi connectivity index (χ2n) is 5.44. The lowest BCUT2D eigenvalue weighted by Crippen LogP contribution is -2.30. The van der Waals surface area contributed by atoms with Crippen molar-refractivity contribution >= 4 is 17.5 Å². The van der Waals surface area contributed by atoms with Gasteiger partial charge in [-0.2, -0.15) is 0 Å².